The number of imide groups is 1. The van der Waals surface area contributed by atoms with Gasteiger partial charge in [-0.3, -0.25) is 25.1 Å². The third-order valence-corrected chi connectivity index (χ3v) is 8.03. The Hall–Kier alpha value is -3.75. The number of carbonyl (C=O) groups excluding carboxylic acids is 3. The van der Waals surface area contributed by atoms with Crippen molar-refractivity contribution in [2.24, 2.45) is 5.92 Å². The molecule has 9 heteroatoms. The lowest BCUT2D eigenvalue weighted by Crippen LogP contribution is -2.40. The molecule has 3 aliphatic rings. The van der Waals surface area contributed by atoms with Gasteiger partial charge in [-0.05, 0) is 62.6 Å². The van der Waals surface area contributed by atoms with E-state index in [-0.39, 0.29) is 62.4 Å². The first-order chi connectivity index (χ1) is 17.7. The first kappa shape index (κ1) is 24.9. The molecule has 0 unspecified atom stereocenters. The molecule has 5 N–H and O–H groups in total. The summed E-state index contributed by atoms with van der Waals surface area (Å²) in [5.74, 6) is -2.58. The van der Waals surface area contributed by atoms with Crippen LogP contribution in [0.1, 0.15) is 112 Å². The number of hydrogen-bond donors (Lipinski definition) is 5. The number of aromatic carboxylic acids is 1. The molecule has 2 fully saturated rings. The molecule has 0 bridgehead atoms. The van der Waals surface area contributed by atoms with Crippen molar-refractivity contribution in [2.75, 3.05) is 0 Å². The molecule has 1 heterocycles. The van der Waals surface area contributed by atoms with Gasteiger partial charge in [0.15, 0.2) is 0 Å². The van der Waals surface area contributed by atoms with Crippen LogP contribution in [0.5, 0.6) is 0 Å². The van der Waals surface area contributed by atoms with Crippen molar-refractivity contribution in [1.82, 2.24) is 16.0 Å². The molecule has 2 aliphatic carbocycles. The summed E-state index contributed by atoms with van der Waals surface area (Å²) in [7, 11) is 0. The summed E-state index contributed by atoms with van der Waals surface area (Å²) >= 11 is 0. The van der Waals surface area contributed by atoms with E-state index < -0.39 is 17.8 Å². The third-order valence-electron chi connectivity index (χ3n) is 8.03. The summed E-state index contributed by atoms with van der Waals surface area (Å²) in [5.41, 5.74) is 0.0782. The molecule has 1 aliphatic heterocycles. The number of hydrogen-bond acceptors (Lipinski definition) is 5. The van der Waals surface area contributed by atoms with Crippen molar-refractivity contribution in [3.63, 3.8) is 0 Å². The number of amidine groups is 1. The highest BCUT2D eigenvalue weighted by Crippen LogP contribution is 2.35. The Labute approximate surface area is 214 Å². The first-order valence-corrected chi connectivity index (χ1v) is 13.1. The van der Waals surface area contributed by atoms with Crippen LogP contribution in [0.15, 0.2) is 18.2 Å². The van der Waals surface area contributed by atoms with Gasteiger partial charge < -0.3 is 15.7 Å². The molecule has 2 aromatic carbocycles. The van der Waals surface area contributed by atoms with Gasteiger partial charge in [0.2, 0.25) is 0 Å². The molecule has 0 saturated heterocycles. The summed E-state index contributed by atoms with van der Waals surface area (Å²) in [5, 5.41) is 27.8. The maximum absolute atomic E-state index is 13.6. The molecule has 37 heavy (non-hydrogen) atoms. The fourth-order valence-corrected chi connectivity index (χ4v) is 5.97. The predicted octanol–water partition coefficient (Wildman–Crippen LogP) is 3.98. The van der Waals surface area contributed by atoms with Gasteiger partial charge >= 0.3 is 5.97 Å². The van der Waals surface area contributed by atoms with Gasteiger partial charge in [-0.15, -0.1) is 0 Å². The molecule has 2 saturated carbocycles. The number of amides is 3. The van der Waals surface area contributed by atoms with Crippen molar-refractivity contribution in [1.29, 1.82) is 5.41 Å². The van der Waals surface area contributed by atoms with Crippen LogP contribution in [0.25, 0.3) is 10.8 Å². The van der Waals surface area contributed by atoms with Crippen molar-refractivity contribution in [3.05, 3.63) is 46.0 Å². The van der Waals surface area contributed by atoms with Gasteiger partial charge in [0.1, 0.15) is 5.84 Å². The molecule has 2 aromatic rings. The van der Waals surface area contributed by atoms with Crippen LogP contribution in [-0.4, -0.2) is 46.7 Å². The highest BCUT2D eigenvalue weighted by Gasteiger charge is 2.34. The van der Waals surface area contributed by atoms with Crippen molar-refractivity contribution < 1.29 is 24.3 Å². The quantitative estimate of drug-likeness (QED) is 0.236. The Morgan fingerprint density at radius 2 is 1.54 bits per heavy atom. The topological polar surface area (TPSA) is 148 Å². The van der Waals surface area contributed by atoms with E-state index in [1.165, 1.54) is 18.2 Å². The third kappa shape index (κ3) is 4.70. The minimum Gasteiger partial charge on any atom is -0.478 e. The fraction of sp³-hybridized carbons (Fsp3) is 0.464. The average Bonchev–Trinajstić information content (AvgIpc) is 2.88. The van der Waals surface area contributed by atoms with E-state index in [0.29, 0.717) is 5.92 Å². The minimum absolute atomic E-state index is 0.0114. The van der Waals surface area contributed by atoms with Crippen LogP contribution in [0, 0.1) is 11.3 Å². The molecule has 0 spiro atoms. The number of carbonyl (C=O) groups is 4. The van der Waals surface area contributed by atoms with E-state index in [9.17, 15) is 24.3 Å². The largest absolute Gasteiger partial charge is 0.478 e. The lowest BCUT2D eigenvalue weighted by Gasteiger charge is -2.28. The molecular weight excluding hydrogens is 472 g/mol. The molecule has 5 rings (SSSR count). The van der Waals surface area contributed by atoms with Crippen molar-refractivity contribution in [3.8, 4) is 0 Å². The summed E-state index contributed by atoms with van der Waals surface area (Å²) in [6.07, 6.45) is 8.77. The molecule has 3 amide bonds. The number of carboxylic acids is 1. The summed E-state index contributed by atoms with van der Waals surface area (Å²) in [6.45, 7) is 2.20. The second-order valence-electron chi connectivity index (χ2n) is 10.6. The standard InChI is InChI=1S/C28H32N4O5/c1-14-7-9-16(10-8-14)31-25(33)17-11-12-18-22-21(17)19(24(29)30-15-5-3-2-4-6-15)13-20(28(36)37)23(22)27(35)32-26(18)34/h11-16H,2-10H2,1H3,(H2,29,30)(H,31,33)(H,36,37)(H,32,34,35)/t14-,16-. The van der Waals surface area contributed by atoms with Gasteiger partial charge in [0.25, 0.3) is 17.7 Å². The van der Waals surface area contributed by atoms with Crippen LogP contribution in [-0.2, 0) is 0 Å². The smallest absolute Gasteiger partial charge is 0.336 e. The Kier molecular flexibility index (Phi) is 6.70. The van der Waals surface area contributed by atoms with Crippen molar-refractivity contribution in [2.45, 2.75) is 76.8 Å². The van der Waals surface area contributed by atoms with E-state index in [4.69, 9.17) is 5.41 Å². The number of carboxylic acid groups (broad SMARTS) is 1. The van der Waals surface area contributed by atoms with Crippen LogP contribution in [0.4, 0.5) is 0 Å². The zero-order valence-corrected chi connectivity index (χ0v) is 20.9. The Morgan fingerprint density at radius 3 is 2.22 bits per heavy atom. The maximum Gasteiger partial charge on any atom is 0.336 e. The molecule has 0 radical (unpaired) electrons. The molecule has 0 atom stereocenters. The van der Waals surface area contributed by atoms with E-state index in [2.05, 4.69) is 22.9 Å². The fourth-order valence-electron chi connectivity index (χ4n) is 5.97. The lowest BCUT2D eigenvalue weighted by molar-refractivity contribution is 0.0687. The zero-order valence-electron chi connectivity index (χ0n) is 20.9. The SMILES string of the molecule is C[C@H]1CC[C@H](NC(=O)c2ccc3c4c(c(C(=O)O)cc(C(=N)NC5CCCCC5)c24)C(=O)NC3=O)CC1. The normalized spacial score (nSPS) is 21.9. The Morgan fingerprint density at radius 1 is 0.865 bits per heavy atom. The number of nitrogens with one attached hydrogen (secondary N) is 4. The average molecular weight is 505 g/mol. The zero-order chi connectivity index (χ0) is 26.3. The second kappa shape index (κ2) is 9.95. The van der Waals surface area contributed by atoms with Crippen LogP contribution >= 0.6 is 0 Å². The van der Waals surface area contributed by atoms with Gasteiger partial charge in [-0.25, -0.2) is 4.79 Å². The van der Waals surface area contributed by atoms with E-state index in [1.54, 1.807) is 0 Å². The Bertz CT molecular complexity index is 1320. The molecular formula is C28H32N4O5. The van der Waals surface area contributed by atoms with Gasteiger partial charge in [-0.2, -0.15) is 0 Å². The van der Waals surface area contributed by atoms with Crippen molar-refractivity contribution >= 4 is 40.3 Å². The van der Waals surface area contributed by atoms with Crippen LogP contribution in [0.3, 0.4) is 0 Å². The maximum atomic E-state index is 13.6. The van der Waals surface area contributed by atoms with E-state index in [1.807, 2.05) is 0 Å². The highest BCUT2D eigenvalue weighted by molar-refractivity contribution is 6.32. The summed E-state index contributed by atoms with van der Waals surface area (Å²) in [6, 6.07) is 4.36. The molecule has 0 aromatic heterocycles. The lowest BCUT2D eigenvalue weighted by atomic mass is 9.84. The highest BCUT2D eigenvalue weighted by atomic mass is 16.4. The predicted molar refractivity (Wildman–Crippen MR) is 138 cm³/mol. The number of benzene rings is 2. The van der Waals surface area contributed by atoms with Crippen LogP contribution in [0.2, 0.25) is 0 Å². The van der Waals surface area contributed by atoms with Gasteiger partial charge in [0, 0.05) is 39.5 Å². The van der Waals surface area contributed by atoms with Gasteiger partial charge in [0.05, 0.1) is 11.1 Å². The Balaban J connectivity index is 1.67. The summed E-state index contributed by atoms with van der Waals surface area (Å²) in [4.78, 5) is 51.4. The van der Waals surface area contributed by atoms with Gasteiger partial charge in [-0.1, -0.05) is 26.2 Å². The van der Waals surface area contributed by atoms with E-state index in [0.717, 1.165) is 57.8 Å². The second-order valence-corrected chi connectivity index (χ2v) is 10.6. The van der Waals surface area contributed by atoms with E-state index >= 15 is 0 Å². The molecule has 194 valence electrons. The summed E-state index contributed by atoms with van der Waals surface area (Å²) < 4.78 is 0. The number of rotatable bonds is 5. The minimum atomic E-state index is -1.34. The van der Waals surface area contributed by atoms with Crippen LogP contribution < -0.4 is 16.0 Å². The monoisotopic (exact) mass is 504 g/mol. The molecule has 9 nitrogen and oxygen atoms in total. The first-order valence-electron chi connectivity index (χ1n) is 13.1.